The van der Waals surface area contributed by atoms with E-state index in [1.807, 2.05) is 9.80 Å². The van der Waals surface area contributed by atoms with Crippen molar-refractivity contribution in [3.8, 4) is 0 Å². The van der Waals surface area contributed by atoms with E-state index in [-0.39, 0.29) is 6.54 Å². The second-order valence-corrected chi connectivity index (χ2v) is 7.43. The molecule has 10 heteroatoms. The van der Waals surface area contributed by atoms with Gasteiger partial charge in [0.15, 0.2) is 0 Å². The van der Waals surface area contributed by atoms with Gasteiger partial charge in [-0.15, -0.1) is 0 Å². The molecule has 3 nitrogen and oxygen atoms in total. The van der Waals surface area contributed by atoms with Crippen LogP contribution in [-0.4, -0.2) is 36.1 Å². The van der Waals surface area contributed by atoms with Gasteiger partial charge in [0.05, 0.1) is 23.0 Å². The van der Waals surface area contributed by atoms with Gasteiger partial charge < -0.3 is 9.88 Å². The molecule has 2 aromatic carbocycles. The molecule has 0 unspecified atom stereocenters. The molecule has 1 radical (unpaired) electrons. The average Bonchev–Trinajstić information content (AvgIpc) is 3.10. The first-order valence-electron chi connectivity index (χ1n) is 9.46. The zero-order valence-electron chi connectivity index (χ0n) is 16.0. The number of aromatic nitrogens is 1. The van der Waals surface area contributed by atoms with Gasteiger partial charge in [0.25, 0.3) is 0 Å². The van der Waals surface area contributed by atoms with Crippen LogP contribution in [0.5, 0.6) is 0 Å². The second kappa shape index (κ2) is 7.74. The fourth-order valence-electron chi connectivity index (χ4n) is 3.74. The molecule has 1 aliphatic rings. The van der Waals surface area contributed by atoms with Crippen LogP contribution in [-0.2, 0) is 18.9 Å². The highest BCUT2D eigenvalue weighted by Crippen LogP contribution is 2.35. The minimum absolute atomic E-state index is 0.277. The molecule has 3 aromatic rings. The Labute approximate surface area is 173 Å². The summed E-state index contributed by atoms with van der Waals surface area (Å²) in [6.07, 6.45) is -6.27. The lowest BCUT2D eigenvalue weighted by Gasteiger charge is -2.35. The van der Waals surface area contributed by atoms with Gasteiger partial charge in [-0.05, 0) is 35.9 Å². The van der Waals surface area contributed by atoms with Gasteiger partial charge in [0.1, 0.15) is 5.82 Å². The minimum atomic E-state index is -4.74. The summed E-state index contributed by atoms with van der Waals surface area (Å²) < 4.78 is 91.0. The van der Waals surface area contributed by atoms with Crippen LogP contribution in [0.3, 0.4) is 0 Å². The first-order valence-corrected chi connectivity index (χ1v) is 9.46. The third-order valence-electron chi connectivity index (χ3n) is 5.35. The maximum absolute atomic E-state index is 13.8. The SMILES string of the molecule is Fc1cc(CN2CCN(c3[c][nH]c4ccc(C(F)(F)F)cc34)CC2)ccc1C(F)(F)F. The highest BCUT2D eigenvalue weighted by Gasteiger charge is 2.34. The summed E-state index contributed by atoms with van der Waals surface area (Å²) in [6, 6.07) is 6.35. The van der Waals surface area contributed by atoms with E-state index in [0.717, 1.165) is 24.3 Å². The van der Waals surface area contributed by atoms with Crippen molar-refractivity contribution < 1.29 is 30.7 Å². The topological polar surface area (TPSA) is 22.3 Å². The Morgan fingerprint density at radius 2 is 1.58 bits per heavy atom. The van der Waals surface area contributed by atoms with Crippen molar-refractivity contribution in [2.24, 2.45) is 0 Å². The number of aromatic amines is 1. The van der Waals surface area contributed by atoms with Crippen LogP contribution in [0.25, 0.3) is 10.9 Å². The van der Waals surface area contributed by atoms with Gasteiger partial charge in [0.2, 0.25) is 0 Å². The summed E-state index contributed by atoms with van der Waals surface area (Å²) in [4.78, 5) is 6.72. The van der Waals surface area contributed by atoms with E-state index in [1.165, 1.54) is 12.1 Å². The first kappa shape index (κ1) is 21.5. The maximum Gasteiger partial charge on any atom is 0.419 e. The molecule has 0 bridgehead atoms. The summed E-state index contributed by atoms with van der Waals surface area (Å²) in [5, 5.41) is 0.424. The zero-order valence-corrected chi connectivity index (χ0v) is 16.0. The quantitative estimate of drug-likeness (QED) is 0.542. The van der Waals surface area contributed by atoms with Crippen LogP contribution in [0, 0.1) is 12.0 Å². The van der Waals surface area contributed by atoms with E-state index >= 15 is 0 Å². The lowest BCUT2D eigenvalue weighted by molar-refractivity contribution is -0.140. The van der Waals surface area contributed by atoms with Crippen molar-refractivity contribution in [2.75, 3.05) is 31.1 Å². The van der Waals surface area contributed by atoms with Gasteiger partial charge in [-0.3, -0.25) is 4.90 Å². The van der Waals surface area contributed by atoms with Crippen molar-refractivity contribution in [1.29, 1.82) is 0 Å². The van der Waals surface area contributed by atoms with E-state index in [9.17, 15) is 30.7 Å². The number of hydrogen-bond donors (Lipinski definition) is 1. The Morgan fingerprint density at radius 3 is 2.19 bits per heavy atom. The molecule has 0 aliphatic carbocycles. The van der Waals surface area contributed by atoms with Crippen molar-refractivity contribution >= 4 is 16.6 Å². The highest BCUT2D eigenvalue weighted by atomic mass is 19.4. The molecule has 0 saturated carbocycles. The Morgan fingerprint density at radius 1 is 0.871 bits per heavy atom. The van der Waals surface area contributed by atoms with Crippen LogP contribution in [0.1, 0.15) is 16.7 Å². The number of nitrogens with zero attached hydrogens (tertiary/aromatic N) is 2. The van der Waals surface area contributed by atoms with Gasteiger partial charge in [0, 0.05) is 43.6 Å². The van der Waals surface area contributed by atoms with Gasteiger partial charge in [-0.1, -0.05) is 6.07 Å². The minimum Gasteiger partial charge on any atom is -0.367 e. The smallest absolute Gasteiger partial charge is 0.367 e. The summed E-state index contributed by atoms with van der Waals surface area (Å²) in [5.41, 5.74) is -0.522. The number of anilines is 1. The number of rotatable bonds is 3. The van der Waals surface area contributed by atoms with Crippen molar-refractivity contribution in [3.05, 3.63) is 65.1 Å². The summed E-state index contributed by atoms with van der Waals surface area (Å²) in [7, 11) is 0. The molecule has 1 fully saturated rings. The first-order chi connectivity index (χ1) is 14.5. The van der Waals surface area contributed by atoms with E-state index in [1.54, 1.807) is 0 Å². The summed E-state index contributed by atoms with van der Waals surface area (Å²) in [6.45, 7) is 2.29. The zero-order chi connectivity index (χ0) is 22.4. The number of piperazine rings is 1. The number of halogens is 7. The van der Waals surface area contributed by atoms with E-state index < -0.39 is 29.3 Å². The lowest BCUT2D eigenvalue weighted by atomic mass is 10.1. The van der Waals surface area contributed by atoms with Crippen molar-refractivity contribution in [2.45, 2.75) is 18.9 Å². The summed E-state index contributed by atoms with van der Waals surface area (Å²) >= 11 is 0. The molecular weight excluding hydrogens is 427 g/mol. The fourth-order valence-corrected chi connectivity index (χ4v) is 3.74. The Bertz CT molecular complexity index is 1080. The van der Waals surface area contributed by atoms with Crippen molar-refractivity contribution in [3.63, 3.8) is 0 Å². The number of nitrogens with one attached hydrogen (secondary N) is 1. The number of H-pyrrole nitrogens is 1. The van der Waals surface area contributed by atoms with E-state index in [2.05, 4.69) is 11.2 Å². The second-order valence-electron chi connectivity index (χ2n) is 7.43. The molecule has 2 heterocycles. The Balaban J connectivity index is 1.44. The normalized spacial score (nSPS) is 16.3. The molecule has 1 aromatic heterocycles. The molecule has 0 spiro atoms. The van der Waals surface area contributed by atoms with Gasteiger partial charge >= 0.3 is 12.4 Å². The number of alkyl halides is 6. The molecule has 1 N–H and O–H groups in total. The molecule has 4 rings (SSSR count). The highest BCUT2D eigenvalue weighted by molar-refractivity contribution is 5.93. The molecule has 31 heavy (non-hydrogen) atoms. The predicted molar refractivity (Wildman–Crippen MR) is 101 cm³/mol. The third kappa shape index (κ3) is 4.48. The molecule has 1 saturated heterocycles. The third-order valence-corrected chi connectivity index (χ3v) is 5.35. The summed E-state index contributed by atoms with van der Waals surface area (Å²) in [5.74, 6) is -1.31. The predicted octanol–water partition coefficient (Wildman–Crippen LogP) is 5.47. The lowest BCUT2D eigenvalue weighted by Crippen LogP contribution is -2.46. The van der Waals surface area contributed by atoms with Gasteiger partial charge in [-0.25, -0.2) is 4.39 Å². The van der Waals surface area contributed by atoms with Crippen molar-refractivity contribution in [1.82, 2.24) is 9.88 Å². The molecule has 1 aliphatic heterocycles. The van der Waals surface area contributed by atoms with Crippen LogP contribution in [0.4, 0.5) is 36.4 Å². The van der Waals surface area contributed by atoms with Crippen LogP contribution in [0.2, 0.25) is 0 Å². The molecule has 0 amide bonds. The fraction of sp³-hybridized carbons (Fsp3) is 0.333. The molecular formula is C21H17F7N3. The van der Waals surface area contributed by atoms with E-state index in [0.29, 0.717) is 48.3 Å². The maximum atomic E-state index is 13.8. The molecule has 165 valence electrons. The average molecular weight is 444 g/mol. The Kier molecular flexibility index (Phi) is 5.36. The van der Waals surface area contributed by atoms with E-state index in [4.69, 9.17) is 0 Å². The number of hydrogen-bond acceptors (Lipinski definition) is 2. The van der Waals surface area contributed by atoms with Gasteiger partial charge in [-0.2, -0.15) is 26.3 Å². The Hall–Kier alpha value is -2.75. The number of benzene rings is 2. The standard InChI is InChI=1S/C21H17F7N3/c22-17-9-13(1-3-16(17)21(26,27)28)12-30-5-7-31(8-6-30)19-11-29-18-4-2-14(10-15(18)19)20(23,24)25/h1-4,9-10,29H,5-8,12H2. The number of fused-ring (bicyclic) bond motifs is 1. The largest absolute Gasteiger partial charge is 0.419 e. The van der Waals surface area contributed by atoms with Crippen LogP contribution < -0.4 is 4.90 Å². The van der Waals surface area contributed by atoms with Crippen LogP contribution >= 0.6 is 0 Å². The monoisotopic (exact) mass is 444 g/mol. The molecule has 0 atom stereocenters. The van der Waals surface area contributed by atoms with Crippen LogP contribution in [0.15, 0.2) is 36.4 Å².